The van der Waals surface area contributed by atoms with E-state index in [4.69, 9.17) is 4.74 Å². The van der Waals surface area contributed by atoms with Crippen molar-refractivity contribution in [3.63, 3.8) is 0 Å². The van der Waals surface area contributed by atoms with Crippen LogP contribution >= 0.6 is 0 Å². The lowest BCUT2D eigenvalue weighted by molar-refractivity contribution is -0.119. The molecule has 0 aliphatic rings. The number of esters is 1. The summed E-state index contributed by atoms with van der Waals surface area (Å²) in [6.45, 7) is 3.34. The zero-order valence-electron chi connectivity index (χ0n) is 14.7. The van der Waals surface area contributed by atoms with E-state index in [0.29, 0.717) is 5.69 Å². The summed E-state index contributed by atoms with van der Waals surface area (Å²) in [4.78, 5) is 24.2. The maximum Gasteiger partial charge on any atom is 0.340 e. The summed E-state index contributed by atoms with van der Waals surface area (Å²) in [7, 11) is -3.55. The first-order valence-electron chi connectivity index (χ1n) is 7.76. The Morgan fingerprint density at radius 3 is 2.27 bits per heavy atom. The molecule has 2 aromatic rings. The molecule has 0 atom stereocenters. The first kappa shape index (κ1) is 19.5. The van der Waals surface area contributed by atoms with Crippen LogP contribution in [0.1, 0.15) is 21.5 Å². The summed E-state index contributed by atoms with van der Waals surface area (Å²) in [5, 5.41) is 2.66. The van der Waals surface area contributed by atoms with Crippen molar-refractivity contribution in [1.29, 1.82) is 0 Å². The number of aryl methyl sites for hydroxylation is 2. The molecule has 2 N–H and O–H groups in total. The number of anilines is 2. The van der Waals surface area contributed by atoms with Crippen LogP contribution in [0, 0.1) is 13.8 Å². The molecule has 0 aliphatic carbocycles. The van der Waals surface area contributed by atoms with E-state index in [9.17, 15) is 18.0 Å². The Kier molecular flexibility index (Phi) is 5.99. The summed E-state index contributed by atoms with van der Waals surface area (Å²) < 4.78 is 30.0. The van der Waals surface area contributed by atoms with Gasteiger partial charge in [0.1, 0.15) is 0 Å². The quantitative estimate of drug-likeness (QED) is 0.754. The second-order valence-corrected chi connectivity index (χ2v) is 7.67. The van der Waals surface area contributed by atoms with Crippen molar-refractivity contribution in [3.05, 3.63) is 59.2 Å². The molecule has 26 heavy (non-hydrogen) atoms. The molecule has 1 amide bonds. The summed E-state index contributed by atoms with van der Waals surface area (Å²) in [6, 6.07) is 11.6. The monoisotopic (exact) mass is 376 g/mol. The molecule has 0 fully saturated rings. The zero-order valence-corrected chi connectivity index (χ0v) is 15.5. The lowest BCUT2D eigenvalue weighted by Gasteiger charge is -2.11. The predicted molar refractivity (Wildman–Crippen MR) is 99.7 cm³/mol. The van der Waals surface area contributed by atoms with Gasteiger partial charge in [0, 0.05) is 5.69 Å². The minimum Gasteiger partial charge on any atom is -0.452 e. The van der Waals surface area contributed by atoms with Crippen LogP contribution in [0.4, 0.5) is 11.4 Å². The summed E-state index contributed by atoms with van der Waals surface area (Å²) in [5.41, 5.74) is 2.73. The normalized spacial score (nSPS) is 10.9. The van der Waals surface area contributed by atoms with Gasteiger partial charge in [-0.15, -0.1) is 0 Å². The first-order chi connectivity index (χ1) is 12.1. The molecule has 0 spiro atoms. The number of carbonyl (C=O) groups excluding carboxylic acids is 2. The molecule has 0 unspecified atom stereocenters. The van der Waals surface area contributed by atoms with E-state index in [1.54, 1.807) is 24.3 Å². The van der Waals surface area contributed by atoms with Crippen LogP contribution < -0.4 is 10.0 Å². The van der Waals surface area contributed by atoms with Gasteiger partial charge >= 0.3 is 5.97 Å². The number of hydrogen-bond donors (Lipinski definition) is 2. The lowest BCUT2D eigenvalue weighted by Crippen LogP contribution is -2.22. The molecule has 2 aromatic carbocycles. The molecule has 138 valence electrons. The average molecular weight is 376 g/mol. The van der Waals surface area contributed by atoms with Gasteiger partial charge in [-0.2, -0.15) is 0 Å². The molecule has 0 radical (unpaired) electrons. The number of hydrogen-bond acceptors (Lipinski definition) is 5. The largest absolute Gasteiger partial charge is 0.452 e. The Hall–Kier alpha value is -2.87. The fraction of sp³-hybridized carbons (Fsp3) is 0.222. The molecule has 0 aromatic heterocycles. The highest BCUT2D eigenvalue weighted by atomic mass is 32.2. The standard InChI is InChI=1S/C18H20N2O5S/c1-12-8-13(2)10-14(9-12)19-17(21)11-25-18(22)15-6-4-5-7-16(15)20-26(3,23)24/h4-10,20H,11H2,1-3H3,(H,19,21). The van der Waals surface area contributed by atoms with Gasteiger partial charge < -0.3 is 10.1 Å². The number of nitrogens with one attached hydrogen (secondary N) is 2. The van der Waals surface area contributed by atoms with Crippen molar-refractivity contribution in [2.75, 3.05) is 22.9 Å². The molecule has 0 saturated heterocycles. The number of amides is 1. The van der Waals surface area contributed by atoms with E-state index in [0.717, 1.165) is 17.4 Å². The molecule has 0 aliphatic heterocycles. The van der Waals surface area contributed by atoms with Crippen molar-refractivity contribution in [3.8, 4) is 0 Å². The number of rotatable bonds is 6. The van der Waals surface area contributed by atoms with Gasteiger partial charge in [0.05, 0.1) is 17.5 Å². The second kappa shape index (κ2) is 8.01. The third-order valence-electron chi connectivity index (χ3n) is 3.28. The van der Waals surface area contributed by atoms with Crippen LogP contribution in [0.5, 0.6) is 0 Å². The first-order valence-corrected chi connectivity index (χ1v) is 9.65. The van der Waals surface area contributed by atoms with Crippen molar-refractivity contribution >= 4 is 33.3 Å². The van der Waals surface area contributed by atoms with E-state index >= 15 is 0 Å². The minimum absolute atomic E-state index is 0.0251. The smallest absolute Gasteiger partial charge is 0.340 e. The molecular formula is C18H20N2O5S. The predicted octanol–water partition coefficient (Wildman–Crippen LogP) is 2.47. The van der Waals surface area contributed by atoms with Gasteiger partial charge in [0.2, 0.25) is 10.0 Å². The number of para-hydroxylation sites is 1. The van der Waals surface area contributed by atoms with Crippen molar-refractivity contribution in [2.24, 2.45) is 0 Å². The van der Waals surface area contributed by atoms with Gasteiger partial charge in [0.15, 0.2) is 6.61 Å². The number of ether oxygens (including phenoxy) is 1. The summed E-state index contributed by atoms with van der Waals surface area (Å²) in [6.07, 6.45) is 0.979. The van der Waals surface area contributed by atoms with Crippen molar-refractivity contribution < 1.29 is 22.7 Å². The van der Waals surface area contributed by atoms with Crippen LogP contribution in [0.25, 0.3) is 0 Å². The number of sulfonamides is 1. The summed E-state index contributed by atoms with van der Waals surface area (Å²) >= 11 is 0. The van der Waals surface area contributed by atoms with E-state index in [2.05, 4.69) is 10.0 Å². The molecule has 7 nitrogen and oxygen atoms in total. The third kappa shape index (κ3) is 5.89. The third-order valence-corrected chi connectivity index (χ3v) is 3.87. The molecule has 2 rings (SSSR count). The van der Waals surface area contributed by atoms with Gasteiger partial charge in [0.25, 0.3) is 5.91 Å². The minimum atomic E-state index is -3.55. The highest BCUT2D eigenvalue weighted by molar-refractivity contribution is 7.92. The van der Waals surface area contributed by atoms with Crippen LogP contribution in [0.2, 0.25) is 0 Å². The molecule has 0 heterocycles. The van der Waals surface area contributed by atoms with Gasteiger partial charge in [-0.3, -0.25) is 9.52 Å². The maximum absolute atomic E-state index is 12.2. The molecular weight excluding hydrogens is 356 g/mol. The van der Waals surface area contributed by atoms with Gasteiger partial charge in [-0.1, -0.05) is 18.2 Å². The Balaban J connectivity index is 2.01. The van der Waals surface area contributed by atoms with E-state index in [-0.39, 0.29) is 11.3 Å². The topological polar surface area (TPSA) is 102 Å². The fourth-order valence-electron chi connectivity index (χ4n) is 2.40. The van der Waals surface area contributed by atoms with Crippen LogP contribution in [0.15, 0.2) is 42.5 Å². The van der Waals surface area contributed by atoms with Gasteiger partial charge in [-0.05, 0) is 49.2 Å². The molecule has 8 heteroatoms. The Labute approximate surface area is 152 Å². The van der Waals surface area contributed by atoms with Crippen molar-refractivity contribution in [2.45, 2.75) is 13.8 Å². The zero-order chi connectivity index (χ0) is 19.3. The van der Waals surface area contributed by atoms with E-state index < -0.39 is 28.5 Å². The summed E-state index contributed by atoms with van der Waals surface area (Å²) in [5.74, 6) is -1.29. The highest BCUT2D eigenvalue weighted by Gasteiger charge is 2.16. The Morgan fingerprint density at radius 2 is 1.65 bits per heavy atom. The maximum atomic E-state index is 12.2. The number of carbonyl (C=O) groups is 2. The van der Waals surface area contributed by atoms with E-state index in [1.807, 2.05) is 19.9 Å². The SMILES string of the molecule is Cc1cc(C)cc(NC(=O)COC(=O)c2ccccc2NS(C)(=O)=O)c1. The number of benzene rings is 2. The van der Waals surface area contributed by atoms with Crippen LogP contribution in [-0.2, 0) is 19.6 Å². The van der Waals surface area contributed by atoms with Crippen LogP contribution in [-0.4, -0.2) is 33.2 Å². The Bertz CT molecular complexity index is 918. The fourth-order valence-corrected chi connectivity index (χ4v) is 2.98. The van der Waals surface area contributed by atoms with Gasteiger partial charge in [-0.25, -0.2) is 13.2 Å². The Morgan fingerprint density at radius 1 is 1.04 bits per heavy atom. The van der Waals surface area contributed by atoms with Crippen molar-refractivity contribution in [1.82, 2.24) is 0 Å². The second-order valence-electron chi connectivity index (χ2n) is 5.92. The lowest BCUT2D eigenvalue weighted by atomic mass is 10.1. The molecule has 0 bridgehead atoms. The molecule has 0 saturated carbocycles. The highest BCUT2D eigenvalue weighted by Crippen LogP contribution is 2.18. The average Bonchev–Trinajstić information content (AvgIpc) is 2.50. The van der Waals surface area contributed by atoms with Crippen LogP contribution in [0.3, 0.4) is 0 Å². The van der Waals surface area contributed by atoms with E-state index in [1.165, 1.54) is 12.1 Å².